The standard InChI is InChI=1S/C11H15ClN2/c1-7(12)9-6-13-10(14-8(9)2)11(3)4-5-11/h6-7H,4-5H2,1-3H3. The van der Waals surface area contributed by atoms with Gasteiger partial charge in [-0.1, -0.05) is 6.92 Å². The van der Waals surface area contributed by atoms with E-state index in [1.807, 2.05) is 20.0 Å². The van der Waals surface area contributed by atoms with Crippen LogP contribution in [0.4, 0.5) is 0 Å². The van der Waals surface area contributed by atoms with Gasteiger partial charge in [0.1, 0.15) is 5.82 Å². The fourth-order valence-corrected chi connectivity index (χ4v) is 1.78. The molecule has 1 aliphatic carbocycles. The van der Waals surface area contributed by atoms with Gasteiger partial charge in [0.15, 0.2) is 0 Å². The molecule has 1 aromatic heterocycles. The van der Waals surface area contributed by atoms with Crippen molar-refractivity contribution in [3.05, 3.63) is 23.3 Å². The Bertz CT molecular complexity index is 356. The molecule has 0 spiro atoms. The van der Waals surface area contributed by atoms with Gasteiger partial charge >= 0.3 is 0 Å². The summed E-state index contributed by atoms with van der Waals surface area (Å²) in [4.78, 5) is 8.93. The molecule has 0 N–H and O–H groups in total. The van der Waals surface area contributed by atoms with Gasteiger partial charge in [-0.2, -0.15) is 0 Å². The molecule has 2 nitrogen and oxygen atoms in total. The molecule has 14 heavy (non-hydrogen) atoms. The largest absolute Gasteiger partial charge is 0.240 e. The van der Waals surface area contributed by atoms with Crippen LogP contribution in [0.5, 0.6) is 0 Å². The molecule has 1 unspecified atom stereocenters. The Labute approximate surface area is 89.7 Å². The van der Waals surface area contributed by atoms with E-state index in [-0.39, 0.29) is 10.8 Å². The van der Waals surface area contributed by atoms with Crippen molar-refractivity contribution in [3.63, 3.8) is 0 Å². The van der Waals surface area contributed by atoms with Crippen molar-refractivity contribution in [1.29, 1.82) is 0 Å². The van der Waals surface area contributed by atoms with Crippen molar-refractivity contribution < 1.29 is 0 Å². The summed E-state index contributed by atoms with van der Waals surface area (Å²) < 4.78 is 0. The molecule has 1 aliphatic rings. The first-order valence-electron chi connectivity index (χ1n) is 5.01. The van der Waals surface area contributed by atoms with E-state index < -0.39 is 0 Å². The Morgan fingerprint density at radius 2 is 2.14 bits per heavy atom. The first-order valence-corrected chi connectivity index (χ1v) is 5.45. The Balaban J connectivity index is 2.36. The van der Waals surface area contributed by atoms with Crippen molar-refractivity contribution in [2.24, 2.45) is 0 Å². The van der Waals surface area contributed by atoms with E-state index >= 15 is 0 Å². The van der Waals surface area contributed by atoms with Gasteiger partial charge in [-0.15, -0.1) is 11.6 Å². The SMILES string of the molecule is Cc1nc(C2(C)CC2)ncc1C(C)Cl. The maximum atomic E-state index is 6.01. The minimum absolute atomic E-state index is 0.00365. The maximum absolute atomic E-state index is 6.01. The van der Waals surface area contributed by atoms with Gasteiger partial charge in [-0.3, -0.25) is 0 Å². The third kappa shape index (κ3) is 1.63. The molecule has 0 amide bonds. The van der Waals surface area contributed by atoms with Crippen molar-refractivity contribution in [3.8, 4) is 0 Å². The monoisotopic (exact) mass is 210 g/mol. The lowest BCUT2D eigenvalue weighted by molar-refractivity contribution is 0.697. The van der Waals surface area contributed by atoms with E-state index in [9.17, 15) is 0 Å². The van der Waals surface area contributed by atoms with Gasteiger partial charge in [0.05, 0.1) is 5.38 Å². The Morgan fingerprint density at radius 1 is 1.50 bits per heavy atom. The maximum Gasteiger partial charge on any atom is 0.134 e. The fourth-order valence-electron chi connectivity index (χ4n) is 1.57. The average Bonchev–Trinajstić information content (AvgIpc) is 2.84. The van der Waals surface area contributed by atoms with Crippen LogP contribution in [0.1, 0.15) is 49.1 Å². The molecule has 0 aliphatic heterocycles. The average molecular weight is 211 g/mol. The zero-order chi connectivity index (χ0) is 10.3. The molecule has 1 aromatic rings. The minimum atomic E-state index is -0.00365. The van der Waals surface area contributed by atoms with Gasteiger partial charge < -0.3 is 0 Å². The lowest BCUT2D eigenvalue weighted by atomic mass is 10.1. The number of aromatic nitrogens is 2. The van der Waals surface area contributed by atoms with E-state index in [4.69, 9.17) is 11.6 Å². The molecule has 3 heteroatoms. The van der Waals surface area contributed by atoms with E-state index in [0.29, 0.717) is 0 Å². The summed E-state index contributed by atoms with van der Waals surface area (Å²) in [6, 6.07) is 0. The fraction of sp³-hybridized carbons (Fsp3) is 0.636. The van der Waals surface area contributed by atoms with Gasteiger partial charge in [-0.25, -0.2) is 9.97 Å². The minimum Gasteiger partial charge on any atom is -0.240 e. The first-order chi connectivity index (χ1) is 6.53. The number of hydrogen-bond donors (Lipinski definition) is 0. The van der Waals surface area contributed by atoms with Crippen LogP contribution >= 0.6 is 11.6 Å². The molecule has 0 bridgehead atoms. The van der Waals surface area contributed by atoms with Crippen LogP contribution in [0.3, 0.4) is 0 Å². The van der Waals surface area contributed by atoms with Crippen molar-refractivity contribution in [1.82, 2.24) is 9.97 Å². The lowest BCUT2D eigenvalue weighted by Crippen LogP contribution is -2.09. The number of halogens is 1. The highest BCUT2D eigenvalue weighted by Crippen LogP contribution is 2.45. The summed E-state index contributed by atoms with van der Waals surface area (Å²) in [7, 11) is 0. The second kappa shape index (κ2) is 3.20. The molecule has 2 rings (SSSR count). The van der Waals surface area contributed by atoms with Crippen LogP contribution in [-0.4, -0.2) is 9.97 Å². The molecule has 0 aromatic carbocycles. The summed E-state index contributed by atoms with van der Waals surface area (Å²) in [5, 5.41) is -0.00365. The Hall–Kier alpha value is -0.630. The van der Waals surface area contributed by atoms with Gasteiger partial charge in [0, 0.05) is 22.9 Å². The molecule has 0 saturated heterocycles. The Kier molecular flexibility index (Phi) is 2.26. The summed E-state index contributed by atoms with van der Waals surface area (Å²) >= 11 is 6.01. The third-order valence-corrected chi connectivity index (χ3v) is 3.22. The van der Waals surface area contributed by atoms with Crippen molar-refractivity contribution in [2.75, 3.05) is 0 Å². The lowest BCUT2D eigenvalue weighted by Gasteiger charge is -2.11. The predicted molar refractivity (Wildman–Crippen MR) is 57.6 cm³/mol. The quantitative estimate of drug-likeness (QED) is 0.701. The molecular formula is C11H15ClN2. The first kappa shape index (κ1) is 9.91. The topological polar surface area (TPSA) is 25.8 Å². The van der Waals surface area contributed by atoms with Crippen molar-refractivity contribution >= 4 is 11.6 Å². The molecule has 1 saturated carbocycles. The molecular weight excluding hydrogens is 196 g/mol. The number of hydrogen-bond acceptors (Lipinski definition) is 2. The van der Waals surface area contributed by atoms with Crippen LogP contribution in [-0.2, 0) is 5.41 Å². The van der Waals surface area contributed by atoms with Gasteiger partial charge in [-0.05, 0) is 26.7 Å². The molecule has 76 valence electrons. The summed E-state index contributed by atoms with van der Waals surface area (Å²) in [6.45, 7) is 6.17. The van der Waals surface area contributed by atoms with Gasteiger partial charge in [0.25, 0.3) is 0 Å². The van der Waals surface area contributed by atoms with Crippen molar-refractivity contribution in [2.45, 2.75) is 44.4 Å². The summed E-state index contributed by atoms with van der Waals surface area (Å²) in [5.41, 5.74) is 2.31. The molecule has 1 fully saturated rings. The zero-order valence-corrected chi connectivity index (χ0v) is 9.60. The van der Waals surface area contributed by atoms with Gasteiger partial charge in [0.2, 0.25) is 0 Å². The number of alkyl halides is 1. The smallest absolute Gasteiger partial charge is 0.134 e. The molecule has 1 atom stereocenters. The number of nitrogens with zero attached hydrogens (tertiary/aromatic N) is 2. The van der Waals surface area contributed by atoms with E-state index in [1.54, 1.807) is 0 Å². The van der Waals surface area contributed by atoms with Crippen LogP contribution in [0.2, 0.25) is 0 Å². The van der Waals surface area contributed by atoms with E-state index in [0.717, 1.165) is 17.1 Å². The number of aryl methyl sites for hydroxylation is 1. The normalized spacial score (nSPS) is 20.6. The predicted octanol–water partition coefficient (Wildman–Crippen LogP) is 3.14. The van der Waals surface area contributed by atoms with E-state index in [2.05, 4.69) is 16.9 Å². The van der Waals surface area contributed by atoms with Crippen LogP contribution in [0.25, 0.3) is 0 Å². The Morgan fingerprint density at radius 3 is 2.57 bits per heavy atom. The summed E-state index contributed by atoms with van der Waals surface area (Å²) in [5.74, 6) is 0.982. The molecule has 0 radical (unpaired) electrons. The summed E-state index contributed by atoms with van der Waals surface area (Å²) in [6.07, 6.45) is 4.29. The van der Waals surface area contributed by atoms with Crippen LogP contribution in [0, 0.1) is 6.92 Å². The zero-order valence-electron chi connectivity index (χ0n) is 8.84. The third-order valence-electron chi connectivity index (χ3n) is 2.99. The highest BCUT2D eigenvalue weighted by atomic mass is 35.5. The van der Waals surface area contributed by atoms with E-state index in [1.165, 1.54) is 12.8 Å². The highest BCUT2D eigenvalue weighted by molar-refractivity contribution is 6.20. The second-order valence-corrected chi connectivity index (χ2v) is 5.07. The highest BCUT2D eigenvalue weighted by Gasteiger charge is 2.42. The van der Waals surface area contributed by atoms with Crippen LogP contribution < -0.4 is 0 Å². The number of rotatable bonds is 2. The van der Waals surface area contributed by atoms with Crippen LogP contribution in [0.15, 0.2) is 6.20 Å². The molecule has 1 heterocycles. The second-order valence-electron chi connectivity index (χ2n) is 4.41.